The van der Waals surface area contributed by atoms with Crippen molar-refractivity contribution in [1.82, 2.24) is 4.98 Å². The largest absolute Gasteiger partial charge is 0.464 e. The maximum Gasteiger partial charge on any atom is 0.358 e. The zero-order valence-corrected chi connectivity index (χ0v) is 14.7. The highest BCUT2D eigenvalue weighted by atomic mass is 32.1. The average molecular weight is 351 g/mol. The molecule has 0 radical (unpaired) electrons. The molecule has 0 bridgehead atoms. The Kier molecular flexibility index (Phi) is 5.20. The number of carbonyl (C=O) groups excluding carboxylic acids is 1. The van der Waals surface area contributed by atoms with Gasteiger partial charge in [-0.25, -0.2) is 9.78 Å². The van der Waals surface area contributed by atoms with Crippen LogP contribution in [0.25, 0.3) is 10.4 Å². The van der Waals surface area contributed by atoms with Crippen LogP contribution in [0.4, 0.5) is 5.13 Å². The minimum absolute atomic E-state index is 0.286. The monoisotopic (exact) mass is 351 g/mol. The summed E-state index contributed by atoms with van der Waals surface area (Å²) >= 11 is 1.36. The van der Waals surface area contributed by atoms with E-state index in [1.807, 2.05) is 67.6 Å². The number of hydrogen-bond donors (Lipinski definition) is 1. The molecule has 0 unspecified atom stereocenters. The van der Waals surface area contributed by atoms with Crippen LogP contribution in [0, 0.1) is 0 Å². The van der Waals surface area contributed by atoms with Gasteiger partial charge in [0.05, 0.1) is 17.7 Å². The van der Waals surface area contributed by atoms with Crippen LogP contribution in [-0.4, -0.2) is 23.8 Å². The average Bonchev–Trinajstić information content (AvgIpc) is 3.11. The van der Waals surface area contributed by atoms with Crippen molar-refractivity contribution in [2.24, 2.45) is 5.10 Å². The number of rotatable bonds is 5. The normalized spacial score (nSPS) is 11.2. The third kappa shape index (κ3) is 3.92. The molecule has 1 aromatic heterocycles. The van der Waals surface area contributed by atoms with Crippen molar-refractivity contribution in [3.05, 3.63) is 71.9 Å². The lowest BCUT2D eigenvalue weighted by atomic mass is 10.1. The van der Waals surface area contributed by atoms with Crippen LogP contribution in [0.1, 0.15) is 23.0 Å². The third-order valence-corrected chi connectivity index (χ3v) is 4.56. The van der Waals surface area contributed by atoms with Crippen LogP contribution >= 0.6 is 11.3 Å². The molecule has 0 fully saturated rings. The highest BCUT2D eigenvalue weighted by Crippen LogP contribution is 2.33. The molecule has 0 aliphatic carbocycles. The molecule has 3 aromatic rings. The van der Waals surface area contributed by atoms with Crippen molar-refractivity contribution in [1.29, 1.82) is 0 Å². The van der Waals surface area contributed by atoms with Crippen LogP contribution in [-0.2, 0) is 4.74 Å². The standard InChI is InChI=1S/C19H17N3O2S/c1-13(14-9-5-3-6-10-14)21-22-19-20-16(18(23)24-2)17(25-19)15-11-7-4-8-12-15/h3-12H,1-2H3,(H,20,22)/b21-13+. The molecule has 0 atom stereocenters. The molecule has 2 aromatic carbocycles. The number of nitrogens with one attached hydrogen (secondary N) is 1. The molecule has 6 heteroatoms. The summed E-state index contributed by atoms with van der Waals surface area (Å²) < 4.78 is 4.85. The SMILES string of the molecule is COC(=O)c1nc(N/N=C(\C)c2ccccc2)sc1-c1ccccc1. The lowest BCUT2D eigenvalue weighted by molar-refractivity contribution is 0.0596. The molecular weight excluding hydrogens is 334 g/mol. The van der Waals surface area contributed by atoms with Crippen LogP contribution in [0.2, 0.25) is 0 Å². The first-order valence-electron chi connectivity index (χ1n) is 7.69. The van der Waals surface area contributed by atoms with Crippen LogP contribution in [0.3, 0.4) is 0 Å². The van der Waals surface area contributed by atoms with Crippen LogP contribution in [0.15, 0.2) is 65.8 Å². The molecule has 0 spiro atoms. The van der Waals surface area contributed by atoms with E-state index in [2.05, 4.69) is 15.5 Å². The predicted molar refractivity (Wildman–Crippen MR) is 101 cm³/mol. The second-order valence-corrected chi connectivity index (χ2v) is 6.23. The van der Waals surface area contributed by atoms with Gasteiger partial charge < -0.3 is 4.74 Å². The van der Waals surface area contributed by atoms with Gasteiger partial charge in [0, 0.05) is 0 Å². The molecule has 0 saturated heterocycles. The summed E-state index contributed by atoms with van der Waals surface area (Å²) in [6.45, 7) is 1.91. The second-order valence-electron chi connectivity index (χ2n) is 5.23. The third-order valence-electron chi connectivity index (χ3n) is 3.55. The summed E-state index contributed by atoms with van der Waals surface area (Å²) in [6.07, 6.45) is 0. The topological polar surface area (TPSA) is 63.6 Å². The van der Waals surface area contributed by atoms with E-state index in [0.717, 1.165) is 21.7 Å². The Labute approximate surface area is 150 Å². The van der Waals surface area contributed by atoms with Crippen LogP contribution < -0.4 is 5.43 Å². The first-order valence-corrected chi connectivity index (χ1v) is 8.51. The molecule has 126 valence electrons. The number of hydrazone groups is 1. The zero-order chi connectivity index (χ0) is 17.6. The Hall–Kier alpha value is -2.99. The fourth-order valence-electron chi connectivity index (χ4n) is 2.26. The number of thiazole rings is 1. The van der Waals surface area contributed by atoms with Crippen molar-refractivity contribution < 1.29 is 9.53 Å². The summed E-state index contributed by atoms with van der Waals surface area (Å²) in [6, 6.07) is 19.5. The number of hydrogen-bond acceptors (Lipinski definition) is 6. The molecule has 0 amide bonds. The van der Waals surface area contributed by atoms with Gasteiger partial charge in [-0.2, -0.15) is 5.10 Å². The Morgan fingerprint density at radius 3 is 2.36 bits per heavy atom. The van der Waals surface area contributed by atoms with Crippen molar-refractivity contribution >= 4 is 28.1 Å². The van der Waals surface area contributed by atoms with E-state index < -0.39 is 5.97 Å². The molecule has 1 N–H and O–H groups in total. The first-order chi connectivity index (χ1) is 12.2. The Balaban J connectivity index is 1.90. The van der Waals surface area contributed by atoms with Crippen molar-refractivity contribution in [3.63, 3.8) is 0 Å². The number of nitrogens with zero attached hydrogens (tertiary/aromatic N) is 2. The van der Waals surface area contributed by atoms with Crippen molar-refractivity contribution in [2.75, 3.05) is 12.5 Å². The maximum absolute atomic E-state index is 12.0. The number of methoxy groups -OCH3 is 1. The summed E-state index contributed by atoms with van der Waals surface area (Å²) in [5.41, 5.74) is 5.99. The number of benzene rings is 2. The van der Waals surface area contributed by atoms with Gasteiger partial charge in [0.2, 0.25) is 5.13 Å². The Morgan fingerprint density at radius 1 is 1.08 bits per heavy atom. The van der Waals surface area contributed by atoms with Gasteiger partial charge in [0.15, 0.2) is 5.69 Å². The molecule has 25 heavy (non-hydrogen) atoms. The number of esters is 1. The van der Waals surface area contributed by atoms with Gasteiger partial charge in [-0.05, 0) is 18.1 Å². The fraction of sp³-hybridized carbons (Fsp3) is 0.105. The lowest BCUT2D eigenvalue weighted by Crippen LogP contribution is -2.04. The van der Waals surface area contributed by atoms with E-state index >= 15 is 0 Å². The van der Waals surface area contributed by atoms with E-state index in [-0.39, 0.29) is 5.69 Å². The van der Waals surface area contributed by atoms with Gasteiger partial charge in [0.25, 0.3) is 0 Å². The van der Waals surface area contributed by atoms with Gasteiger partial charge in [-0.15, -0.1) is 0 Å². The van der Waals surface area contributed by atoms with Gasteiger partial charge in [-0.1, -0.05) is 72.0 Å². The minimum Gasteiger partial charge on any atom is -0.464 e. The fourth-order valence-corrected chi connectivity index (χ4v) is 3.16. The van der Waals surface area contributed by atoms with Crippen molar-refractivity contribution in [2.45, 2.75) is 6.92 Å². The van der Waals surface area contributed by atoms with Gasteiger partial charge in [0.1, 0.15) is 0 Å². The van der Waals surface area contributed by atoms with Crippen LogP contribution in [0.5, 0.6) is 0 Å². The number of anilines is 1. The number of carbonyl (C=O) groups is 1. The van der Waals surface area contributed by atoms with Crippen molar-refractivity contribution in [3.8, 4) is 10.4 Å². The minimum atomic E-state index is -0.466. The quantitative estimate of drug-likeness (QED) is 0.419. The highest BCUT2D eigenvalue weighted by Gasteiger charge is 2.20. The molecule has 0 aliphatic heterocycles. The molecule has 1 heterocycles. The summed E-state index contributed by atoms with van der Waals surface area (Å²) in [5, 5.41) is 4.90. The molecule has 0 aliphatic rings. The second kappa shape index (κ2) is 7.72. The number of ether oxygens (including phenoxy) is 1. The lowest BCUT2D eigenvalue weighted by Gasteiger charge is -2.00. The predicted octanol–water partition coefficient (Wildman–Crippen LogP) is 4.43. The molecule has 0 saturated carbocycles. The van der Waals surface area contributed by atoms with E-state index in [1.54, 1.807) is 0 Å². The summed E-state index contributed by atoms with van der Waals surface area (Å²) in [7, 11) is 1.35. The van der Waals surface area contributed by atoms with Gasteiger partial charge >= 0.3 is 5.97 Å². The maximum atomic E-state index is 12.0. The first kappa shape index (κ1) is 16.9. The smallest absolute Gasteiger partial charge is 0.358 e. The Morgan fingerprint density at radius 2 is 1.72 bits per heavy atom. The highest BCUT2D eigenvalue weighted by molar-refractivity contribution is 7.19. The molecule has 3 rings (SSSR count). The summed E-state index contributed by atoms with van der Waals surface area (Å²) in [5.74, 6) is -0.466. The van der Waals surface area contributed by atoms with E-state index in [1.165, 1.54) is 18.4 Å². The molecule has 5 nitrogen and oxygen atoms in total. The number of aromatic nitrogens is 1. The Bertz CT molecular complexity index is 890. The zero-order valence-electron chi connectivity index (χ0n) is 13.9. The molecular formula is C19H17N3O2S. The van der Waals surface area contributed by atoms with E-state index in [0.29, 0.717) is 5.13 Å². The van der Waals surface area contributed by atoms with E-state index in [9.17, 15) is 4.79 Å². The van der Waals surface area contributed by atoms with Gasteiger partial charge in [-0.3, -0.25) is 5.43 Å². The van der Waals surface area contributed by atoms with E-state index in [4.69, 9.17) is 4.74 Å². The summed E-state index contributed by atoms with van der Waals surface area (Å²) in [4.78, 5) is 17.1.